The van der Waals surface area contributed by atoms with Crippen molar-refractivity contribution in [2.75, 3.05) is 13.2 Å². The van der Waals surface area contributed by atoms with Crippen molar-refractivity contribution in [1.82, 2.24) is 0 Å². The number of rotatable bonds is 61. The summed E-state index contributed by atoms with van der Waals surface area (Å²) < 4.78 is 10.8. The molecule has 0 aliphatic rings. The van der Waals surface area contributed by atoms with E-state index in [0.717, 1.165) is 38.5 Å². The van der Waals surface area contributed by atoms with Crippen LogP contribution in [0.15, 0.2) is 24.3 Å². The fourth-order valence-corrected chi connectivity index (χ4v) is 10.1. The molecule has 0 aromatic heterocycles. The predicted molar refractivity (Wildman–Crippen MR) is 311 cm³/mol. The first kappa shape index (κ1) is 69.4. The van der Waals surface area contributed by atoms with Crippen LogP contribution in [0.4, 0.5) is 0 Å². The number of esters is 2. The molecule has 0 rings (SSSR count). The topological polar surface area (TPSA) is 72.8 Å². The zero-order valence-corrected chi connectivity index (χ0v) is 48.3. The number of ether oxygens (including phenoxy) is 2. The van der Waals surface area contributed by atoms with Crippen LogP contribution in [0.25, 0.3) is 0 Å². The highest BCUT2D eigenvalue weighted by Crippen LogP contribution is 2.19. The highest BCUT2D eigenvalue weighted by Gasteiger charge is 2.16. The molecule has 1 N–H and O–H groups in total. The number of carbonyl (C=O) groups is 2. The smallest absolute Gasteiger partial charge is 0.306 e. The van der Waals surface area contributed by atoms with Gasteiger partial charge in [-0.05, 0) is 44.9 Å². The molecule has 0 aliphatic carbocycles. The standard InChI is InChI=1S/C66H126O5/c1-3-5-7-9-11-13-15-17-19-21-23-25-27-29-31-32-33-34-35-37-39-41-43-45-47-49-51-53-55-57-59-61-66(69)71-64(62-67)63-70-65(68)60-58-56-54-52-50-48-46-44-42-40-38-36-30-28-26-24-22-20-18-16-14-12-10-8-6-4-2/h15,17,21,23,64,67H,3-14,16,18-20,22,24-63H2,1-2H3/b17-15-,23-21-. The fraction of sp³-hybridized carbons (Fsp3) is 0.909. The highest BCUT2D eigenvalue weighted by molar-refractivity contribution is 5.70. The Morgan fingerprint density at radius 3 is 0.831 bits per heavy atom. The van der Waals surface area contributed by atoms with E-state index in [0.29, 0.717) is 12.8 Å². The van der Waals surface area contributed by atoms with E-state index in [1.54, 1.807) is 0 Å². The van der Waals surface area contributed by atoms with Crippen molar-refractivity contribution in [3.8, 4) is 0 Å². The maximum absolute atomic E-state index is 12.3. The molecule has 0 fully saturated rings. The Bertz CT molecular complexity index is 1080. The summed E-state index contributed by atoms with van der Waals surface area (Å²) in [6, 6.07) is 0. The summed E-state index contributed by atoms with van der Waals surface area (Å²) in [6.07, 6.45) is 80.5. The summed E-state index contributed by atoms with van der Waals surface area (Å²) in [4.78, 5) is 24.6. The van der Waals surface area contributed by atoms with Crippen LogP contribution in [0.2, 0.25) is 0 Å². The maximum Gasteiger partial charge on any atom is 0.306 e. The Balaban J connectivity index is 3.39. The van der Waals surface area contributed by atoms with Crippen LogP contribution in [0.1, 0.15) is 367 Å². The van der Waals surface area contributed by atoms with Gasteiger partial charge in [0.15, 0.2) is 6.10 Å². The van der Waals surface area contributed by atoms with Crippen LogP contribution in [0.3, 0.4) is 0 Å². The number of aliphatic hydroxyl groups excluding tert-OH is 1. The molecule has 1 atom stereocenters. The number of aliphatic hydroxyl groups is 1. The van der Waals surface area contributed by atoms with E-state index < -0.39 is 6.10 Å². The molecular weight excluding hydrogens is 873 g/mol. The summed E-state index contributed by atoms with van der Waals surface area (Å²) >= 11 is 0. The zero-order valence-electron chi connectivity index (χ0n) is 48.3. The number of allylic oxidation sites excluding steroid dienone is 4. The minimum atomic E-state index is -0.768. The molecule has 5 heteroatoms. The lowest BCUT2D eigenvalue weighted by Crippen LogP contribution is -2.28. The first-order valence-electron chi connectivity index (χ1n) is 32.4. The Hall–Kier alpha value is -1.62. The van der Waals surface area contributed by atoms with Crippen molar-refractivity contribution in [3.63, 3.8) is 0 Å². The third kappa shape index (κ3) is 60.8. The van der Waals surface area contributed by atoms with Gasteiger partial charge in [0, 0.05) is 12.8 Å². The van der Waals surface area contributed by atoms with Gasteiger partial charge in [-0.3, -0.25) is 9.59 Å². The van der Waals surface area contributed by atoms with Crippen LogP contribution < -0.4 is 0 Å². The fourth-order valence-electron chi connectivity index (χ4n) is 10.1. The van der Waals surface area contributed by atoms with Crippen molar-refractivity contribution in [2.45, 2.75) is 373 Å². The molecular formula is C66H126O5. The Labute approximate surface area is 444 Å². The quantitative estimate of drug-likeness (QED) is 0.0373. The first-order valence-corrected chi connectivity index (χ1v) is 32.4. The average molecular weight is 1000 g/mol. The van der Waals surface area contributed by atoms with Gasteiger partial charge in [-0.15, -0.1) is 0 Å². The van der Waals surface area contributed by atoms with Crippen molar-refractivity contribution in [3.05, 3.63) is 24.3 Å². The molecule has 1 unspecified atom stereocenters. The molecule has 0 heterocycles. The van der Waals surface area contributed by atoms with Crippen molar-refractivity contribution in [1.29, 1.82) is 0 Å². The molecule has 0 bridgehead atoms. The second-order valence-corrected chi connectivity index (χ2v) is 22.2. The summed E-state index contributed by atoms with van der Waals surface area (Å²) in [5.74, 6) is -0.565. The van der Waals surface area contributed by atoms with E-state index in [2.05, 4.69) is 38.2 Å². The van der Waals surface area contributed by atoms with Gasteiger partial charge >= 0.3 is 11.9 Å². The van der Waals surface area contributed by atoms with Crippen LogP contribution in [-0.2, 0) is 19.1 Å². The Morgan fingerprint density at radius 2 is 0.563 bits per heavy atom. The number of hydrogen-bond donors (Lipinski definition) is 1. The summed E-state index contributed by atoms with van der Waals surface area (Å²) in [6.45, 7) is 4.20. The Kier molecular flexibility index (Phi) is 61.2. The molecule has 0 radical (unpaired) electrons. The SMILES string of the molecule is CCCCCCC/C=C\C/C=C\CCCCCCCCCCCCCCCCCCCCCC(=O)OC(CO)COC(=O)CCCCCCCCCCCCCCCCCCCCCCCCCCCC. The van der Waals surface area contributed by atoms with Gasteiger partial charge in [-0.25, -0.2) is 0 Å². The minimum Gasteiger partial charge on any atom is -0.462 e. The molecule has 0 amide bonds. The van der Waals surface area contributed by atoms with Gasteiger partial charge in [-0.2, -0.15) is 0 Å². The molecule has 0 saturated heterocycles. The van der Waals surface area contributed by atoms with Crippen LogP contribution in [0, 0.1) is 0 Å². The largest absolute Gasteiger partial charge is 0.462 e. The molecule has 0 aliphatic heterocycles. The van der Waals surface area contributed by atoms with E-state index in [1.807, 2.05) is 0 Å². The summed E-state index contributed by atoms with van der Waals surface area (Å²) in [5.41, 5.74) is 0. The van der Waals surface area contributed by atoms with Gasteiger partial charge < -0.3 is 14.6 Å². The Morgan fingerprint density at radius 1 is 0.324 bits per heavy atom. The van der Waals surface area contributed by atoms with E-state index in [9.17, 15) is 14.7 Å². The second kappa shape index (κ2) is 62.7. The molecule has 0 aromatic carbocycles. The van der Waals surface area contributed by atoms with Crippen LogP contribution in [0.5, 0.6) is 0 Å². The number of carbonyl (C=O) groups excluding carboxylic acids is 2. The molecule has 0 saturated carbocycles. The summed E-state index contributed by atoms with van der Waals surface area (Å²) in [5, 5.41) is 9.68. The van der Waals surface area contributed by atoms with Gasteiger partial charge in [0.2, 0.25) is 0 Å². The molecule has 0 aromatic rings. The maximum atomic E-state index is 12.3. The van der Waals surface area contributed by atoms with E-state index in [4.69, 9.17) is 9.47 Å². The lowest BCUT2D eigenvalue weighted by molar-refractivity contribution is -0.161. The lowest BCUT2D eigenvalue weighted by Gasteiger charge is -2.15. The van der Waals surface area contributed by atoms with Crippen molar-refractivity contribution >= 4 is 11.9 Å². The van der Waals surface area contributed by atoms with Crippen molar-refractivity contribution < 1.29 is 24.2 Å². The molecule has 420 valence electrons. The monoisotopic (exact) mass is 999 g/mol. The van der Waals surface area contributed by atoms with Gasteiger partial charge in [-0.1, -0.05) is 334 Å². The van der Waals surface area contributed by atoms with E-state index in [-0.39, 0.29) is 25.2 Å². The predicted octanol–water partition coefficient (Wildman–Crippen LogP) is 22.0. The third-order valence-electron chi connectivity index (χ3n) is 15.0. The van der Waals surface area contributed by atoms with Crippen LogP contribution >= 0.6 is 0 Å². The number of hydrogen-bond acceptors (Lipinski definition) is 5. The van der Waals surface area contributed by atoms with Gasteiger partial charge in [0.05, 0.1) is 6.61 Å². The highest BCUT2D eigenvalue weighted by atomic mass is 16.6. The van der Waals surface area contributed by atoms with E-state index >= 15 is 0 Å². The zero-order chi connectivity index (χ0) is 51.3. The van der Waals surface area contributed by atoms with Crippen LogP contribution in [-0.4, -0.2) is 36.4 Å². The van der Waals surface area contributed by atoms with Gasteiger partial charge in [0.25, 0.3) is 0 Å². The second-order valence-electron chi connectivity index (χ2n) is 22.2. The minimum absolute atomic E-state index is 0.0580. The molecule has 0 spiro atoms. The lowest BCUT2D eigenvalue weighted by atomic mass is 10.0. The normalized spacial score (nSPS) is 12.2. The molecule has 71 heavy (non-hydrogen) atoms. The third-order valence-corrected chi connectivity index (χ3v) is 15.0. The first-order chi connectivity index (χ1) is 35.1. The van der Waals surface area contributed by atoms with Crippen molar-refractivity contribution in [2.24, 2.45) is 0 Å². The van der Waals surface area contributed by atoms with Gasteiger partial charge in [0.1, 0.15) is 6.61 Å². The number of unbranched alkanes of at least 4 members (excludes halogenated alkanes) is 49. The average Bonchev–Trinajstić information content (AvgIpc) is 3.37. The summed E-state index contributed by atoms with van der Waals surface area (Å²) in [7, 11) is 0. The van der Waals surface area contributed by atoms with E-state index in [1.165, 1.54) is 302 Å². The molecule has 5 nitrogen and oxygen atoms in total.